The van der Waals surface area contributed by atoms with E-state index in [2.05, 4.69) is 13.8 Å². The third-order valence-corrected chi connectivity index (χ3v) is 5.31. The largest absolute Gasteiger partial charge is 0.474 e. The van der Waals surface area contributed by atoms with Crippen molar-refractivity contribution < 1.29 is 18.1 Å². The minimum absolute atomic E-state index is 0.0515. The van der Waals surface area contributed by atoms with Gasteiger partial charge in [-0.1, -0.05) is 13.8 Å². The maximum absolute atomic E-state index is 12.0. The minimum atomic E-state index is -3.43. The summed E-state index contributed by atoms with van der Waals surface area (Å²) in [5, 5.41) is -0.390. The third kappa shape index (κ3) is 4.38. The molecule has 0 amide bonds. The van der Waals surface area contributed by atoms with Crippen molar-refractivity contribution in [3.05, 3.63) is 0 Å². The summed E-state index contributed by atoms with van der Waals surface area (Å²) in [5.74, 6) is 0.232. The Morgan fingerprint density at radius 2 is 1.88 bits per heavy atom. The van der Waals surface area contributed by atoms with Gasteiger partial charge in [0.1, 0.15) is 0 Å². The third-order valence-electron chi connectivity index (χ3n) is 3.14. The second-order valence-electron chi connectivity index (χ2n) is 4.25. The molecule has 0 saturated carbocycles. The van der Waals surface area contributed by atoms with Gasteiger partial charge in [0.25, 0.3) is 0 Å². The fourth-order valence-corrected chi connectivity index (χ4v) is 3.15. The molecule has 1 atom stereocenters. The van der Waals surface area contributed by atoms with Crippen LogP contribution in [0.3, 0.4) is 0 Å². The lowest BCUT2D eigenvalue weighted by Crippen LogP contribution is -2.35. The smallest absolute Gasteiger partial charge is 0.286 e. The van der Waals surface area contributed by atoms with Crippen LogP contribution in [0.2, 0.25) is 0 Å². The number of phosphoric ester groups is 1. The highest BCUT2D eigenvalue weighted by Gasteiger charge is 2.41. The van der Waals surface area contributed by atoms with Crippen molar-refractivity contribution in [1.82, 2.24) is 0 Å². The van der Waals surface area contributed by atoms with Crippen LogP contribution in [-0.4, -0.2) is 31.1 Å². The molecule has 0 aromatic carbocycles. The van der Waals surface area contributed by atoms with E-state index in [9.17, 15) is 4.57 Å². The molecule has 1 aliphatic rings. The number of halogens is 2. The van der Waals surface area contributed by atoms with Gasteiger partial charge in [-0.3, -0.25) is 13.6 Å². The maximum Gasteiger partial charge on any atom is 0.474 e. The van der Waals surface area contributed by atoms with E-state index < -0.39 is 13.2 Å². The highest BCUT2D eigenvalue weighted by molar-refractivity contribution is 7.48. The zero-order valence-corrected chi connectivity index (χ0v) is 12.6. The molecule has 102 valence electrons. The second-order valence-corrected chi connectivity index (χ2v) is 6.84. The van der Waals surface area contributed by atoms with E-state index in [1.54, 1.807) is 0 Å². The molecule has 1 heterocycles. The first-order valence-corrected chi connectivity index (χ1v) is 8.16. The zero-order valence-electron chi connectivity index (χ0n) is 10.2. The highest BCUT2D eigenvalue weighted by atomic mass is 35.5. The van der Waals surface area contributed by atoms with Gasteiger partial charge in [-0.05, 0) is 12.8 Å². The molecule has 4 nitrogen and oxygen atoms in total. The standard InChI is InChI=1S/C10H19Cl2O4P/c1-3-10(4-2)7-15-17(13,16-8-10)14-6-9(12)5-11/h9H,3-8H2,1-2H3. The summed E-state index contributed by atoms with van der Waals surface area (Å²) in [7, 11) is -3.43. The fraction of sp³-hybridized carbons (Fsp3) is 1.00. The van der Waals surface area contributed by atoms with Crippen molar-refractivity contribution in [2.24, 2.45) is 5.41 Å². The molecular weight excluding hydrogens is 286 g/mol. The Bertz CT molecular complexity index is 269. The van der Waals surface area contributed by atoms with Gasteiger partial charge >= 0.3 is 7.82 Å². The van der Waals surface area contributed by atoms with E-state index in [0.29, 0.717) is 13.2 Å². The predicted molar refractivity (Wildman–Crippen MR) is 68.8 cm³/mol. The maximum atomic E-state index is 12.0. The average Bonchev–Trinajstić information content (AvgIpc) is 2.38. The molecule has 1 fully saturated rings. The Morgan fingerprint density at radius 3 is 2.29 bits per heavy atom. The zero-order chi connectivity index (χ0) is 12.9. The number of rotatable bonds is 6. The Kier molecular flexibility index (Phi) is 6.24. The summed E-state index contributed by atoms with van der Waals surface area (Å²) >= 11 is 11.3. The average molecular weight is 305 g/mol. The van der Waals surface area contributed by atoms with E-state index >= 15 is 0 Å². The van der Waals surface area contributed by atoms with Crippen molar-refractivity contribution >= 4 is 31.0 Å². The summed E-state index contributed by atoms with van der Waals surface area (Å²) in [6, 6.07) is 0. The quantitative estimate of drug-likeness (QED) is 0.553. The Balaban J connectivity index is 2.46. The summed E-state index contributed by atoms with van der Waals surface area (Å²) < 4.78 is 27.6. The van der Waals surface area contributed by atoms with Crippen molar-refractivity contribution in [3.63, 3.8) is 0 Å². The molecule has 1 aliphatic heterocycles. The van der Waals surface area contributed by atoms with E-state index in [1.165, 1.54) is 0 Å². The van der Waals surface area contributed by atoms with Gasteiger partial charge < -0.3 is 0 Å². The number of hydrogen-bond acceptors (Lipinski definition) is 4. The normalized spacial score (nSPS) is 24.5. The highest BCUT2D eigenvalue weighted by Crippen LogP contribution is 2.56. The van der Waals surface area contributed by atoms with Crippen LogP contribution in [0, 0.1) is 5.41 Å². The molecule has 0 N–H and O–H groups in total. The van der Waals surface area contributed by atoms with Crippen molar-refractivity contribution in [1.29, 1.82) is 0 Å². The monoisotopic (exact) mass is 304 g/mol. The van der Waals surface area contributed by atoms with Crippen molar-refractivity contribution in [2.45, 2.75) is 32.1 Å². The molecule has 0 spiro atoms. The Morgan fingerprint density at radius 1 is 1.35 bits per heavy atom. The molecule has 1 rings (SSSR count). The molecule has 1 unspecified atom stereocenters. The number of hydrogen-bond donors (Lipinski definition) is 0. The molecule has 0 aromatic rings. The topological polar surface area (TPSA) is 44.8 Å². The molecule has 7 heteroatoms. The van der Waals surface area contributed by atoms with Crippen LogP contribution in [0.4, 0.5) is 0 Å². The second kappa shape index (κ2) is 6.74. The van der Waals surface area contributed by atoms with Crippen molar-refractivity contribution in [2.75, 3.05) is 25.7 Å². The molecular formula is C10H19Cl2O4P. The molecule has 0 radical (unpaired) electrons. The van der Waals surface area contributed by atoms with Crippen LogP contribution in [0.1, 0.15) is 26.7 Å². The minimum Gasteiger partial charge on any atom is -0.286 e. The first-order valence-electron chi connectivity index (χ1n) is 5.73. The lowest BCUT2D eigenvalue weighted by Gasteiger charge is -2.37. The summed E-state index contributed by atoms with van der Waals surface area (Å²) in [4.78, 5) is 0. The summed E-state index contributed by atoms with van der Waals surface area (Å²) in [6.45, 7) is 4.98. The SMILES string of the molecule is CCC1(CC)COP(=O)(OCC(Cl)CCl)OC1. The van der Waals surface area contributed by atoms with Crippen LogP contribution in [0.15, 0.2) is 0 Å². The van der Waals surface area contributed by atoms with Gasteiger partial charge in [-0.15, -0.1) is 23.2 Å². The number of phosphoric acid groups is 1. The van der Waals surface area contributed by atoms with Gasteiger partial charge in [0.05, 0.1) is 25.2 Å². The van der Waals surface area contributed by atoms with Crippen LogP contribution < -0.4 is 0 Å². The van der Waals surface area contributed by atoms with E-state index in [-0.39, 0.29) is 17.9 Å². The fourth-order valence-electron chi connectivity index (χ4n) is 1.46. The first kappa shape index (κ1) is 15.7. The first-order chi connectivity index (χ1) is 7.99. The van der Waals surface area contributed by atoms with Crippen LogP contribution in [0.25, 0.3) is 0 Å². The van der Waals surface area contributed by atoms with Crippen LogP contribution >= 0.6 is 31.0 Å². The van der Waals surface area contributed by atoms with Gasteiger partial charge in [-0.25, -0.2) is 4.57 Å². The lowest BCUT2D eigenvalue weighted by atomic mass is 9.84. The summed E-state index contributed by atoms with van der Waals surface area (Å²) in [6.07, 6.45) is 1.84. The van der Waals surface area contributed by atoms with E-state index in [1.807, 2.05) is 0 Å². The predicted octanol–water partition coefficient (Wildman–Crippen LogP) is 3.81. The molecule has 0 aliphatic carbocycles. The molecule has 0 aromatic heterocycles. The van der Waals surface area contributed by atoms with Gasteiger partial charge in [0.15, 0.2) is 0 Å². The van der Waals surface area contributed by atoms with Gasteiger partial charge in [0, 0.05) is 11.3 Å². The van der Waals surface area contributed by atoms with Crippen LogP contribution in [-0.2, 0) is 18.1 Å². The Hall–Kier alpha value is 0.690. The molecule has 1 saturated heterocycles. The van der Waals surface area contributed by atoms with E-state index in [4.69, 9.17) is 36.8 Å². The van der Waals surface area contributed by atoms with Gasteiger partial charge in [-0.2, -0.15) is 0 Å². The van der Waals surface area contributed by atoms with E-state index in [0.717, 1.165) is 12.8 Å². The summed E-state index contributed by atoms with van der Waals surface area (Å²) in [5.41, 5.74) is -0.0515. The number of alkyl halides is 2. The van der Waals surface area contributed by atoms with Gasteiger partial charge in [0.2, 0.25) is 0 Å². The lowest BCUT2D eigenvalue weighted by molar-refractivity contribution is -0.0208. The van der Waals surface area contributed by atoms with Crippen molar-refractivity contribution in [3.8, 4) is 0 Å². The Labute approximate surface area is 113 Å². The van der Waals surface area contributed by atoms with Crippen LogP contribution in [0.5, 0.6) is 0 Å². The molecule has 0 bridgehead atoms. The molecule has 17 heavy (non-hydrogen) atoms.